The number of imide groups is 1. The predicted molar refractivity (Wildman–Crippen MR) is 83.8 cm³/mol. The van der Waals surface area contributed by atoms with Crippen LogP contribution in [-0.4, -0.2) is 46.1 Å². The lowest BCUT2D eigenvalue weighted by atomic mass is 10.1. The molecule has 4 rings (SSSR count). The van der Waals surface area contributed by atoms with Gasteiger partial charge in [-0.2, -0.15) is 0 Å². The van der Waals surface area contributed by atoms with Crippen molar-refractivity contribution in [1.82, 2.24) is 9.80 Å². The van der Waals surface area contributed by atoms with Gasteiger partial charge in [-0.3, -0.25) is 19.3 Å². The van der Waals surface area contributed by atoms with Gasteiger partial charge in [-0.1, -0.05) is 0 Å². The van der Waals surface area contributed by atoms with Crippen molar-refractivity contribution in [3.63, 3.8) is 0 Å². The Kier molecular flexibility index (Phi) is 3.44. The second kappa shape index (κ2) is 5.40. The number of nitrogens with zero attached hydrogens (tertiary/aromatic N) is 2. The Morgan fingerprint density at radius 2 is 1.88 bits per heavy atom. The van der Waals surface area contributed by atoms with Crippen LogP contribution in [0.2, 0.25) is 0 Å². The lowest BCUT2D eigenvalue weighted by Crippen LogP contribution is -2.48. The normalized spacial score (nSPS) is 21.0. The predicted octanol–water partition coefficient (Wildman–Crippen LogP) is 2.21. The molecule has 24 heavy (non-hydrogen) atoms. The van der Waals surface area contributed by atoms with Gasteiger partial charge in [0.05, 0.1) is 11.1 Å². The molecular formula is C18H19FN2O3. The van der Waals surface area contributed by atoms with Crippen molar-refractivity contribution in [2.75, 3.05) is 6.54 Å². The Morgan fingerprint density at radius 3 is 2.50 bits per heavy atom. The maximum Gasteiger partial charge on any atom is 0.262 e. The molecule has 3 amide bonds. The number of amides is 3. The van der Waals surface area contributed by atoms with E-state index in [4.69, 9.17) is 0 Å². The van der Waals surface area contributed by atoms with Crippen LogP contribution in [0, 0.1) is 11.7 Å². The second-order valence-corrected chi connectivity index (χ2v) is 7.00. The largest absolute Gasteiger partial charge is 0.335 e. The smallest absolute Gasteiger partial charge is 0.262 e. The molecule has 0 unspecified atom stereocenters. The fourth-order valence-corrected chi connectivity index (χ4v) is 3.55. The van der Waals surface area contributed by atoms with E-state index < -0.39 is 17.6 Å². The van der Waals surface area contributed by atoms with Crippen molar-refractivity contribution in [1.29, 1.82) is 0 Å². The van der Waals surface area contributed by atoms with Crippen LogP contribution in [-0.2, 0) is 4.79 Å². The lowest BCUT2D eigenvalue weighted by Gasteiger charge is -2.30. The summed E-state index contributed by atoms with van der Waals surface area (Å²) >= 11 is 0. The highest BCUT2D eigenvalue weighted by Crippen LogP contribution is 2.40. The second-order valence-electron chi connectivity index (χ2n) is 7.00. The zero-order chi connectivity index (χ0) is 17.0. The third-order valence-electron chi connectivity index (χ3n) is 5.20. The van der Waals surface area contributed by atoms with Gasteiger partial charge < -0.3 is 4.90 Å². The molecule has 0 radical (unpaired) electrons. The Labute approximate surface area is 139 Å². The van der Waals surface area contributed by atoms with Crippen LogP contribution in [0.3, 0.4) is 0 Å². The highest BCUT2D eigenvalue weighted by atomic mass is 19.1. The minimum absolute atomic E-state index is 0.0426. The number of hydrogen-bond acceptors (Lipinski definition) is 3. The number of benzene rings is 1. The molecule has 1 aromatic carbocycles. The summed E-state index contributed by atoms with van der Waals surface area (Å²) < 4.78 is 13.3. The molecule has 0 spiro atoms. The van der Waals surface area contributed by atoms with E-state index in [0.717, 1.165) is 42.7 Å². The highest BCUT2D eigenvalue weighted by molar-refractivity contribution is 6.22. The quantitative estimate of drug-likeness (QED) is 0.778. The van der Waals surface area contributed by atoms with Crippen LogP contribution in [0.25, 0.3) is 0 Å². The van der Waals surface area contributed by atoms with Gasteiger partial charge in [0.25, 0.3) is 11.8 Å². The van der Waals surface area contributed by atoms with Crippen molar-refractivity contribution in [2.24, 2.45) is 5.92 Å². The van der Waals surface area contributed by atoms with E-state index >= 15 is 0 Å². The lowest BCUT2D eigenvalue weighted by molar-refractivity contribution is -0.134. The molecule has 1 aromatic rings. The van der Waals surface area contributed by atoms with Gasteiger partial charge >= 0.3 is 0 Å². The van der Waals surface area contributed by atoms with Crippen LogP contribution in [0.4, 0.5) is 4.39 Å². The highest BCUT2D eigenvalue weighted by Gasteiger charge is 2.44. The average Bonchev–Trinajstić information content (AvgIpc) is 3.44. The van der Waals surface area contributed by atoms with Crippen molar-refractivity contribution >= 4 is 17.7 Å². The molecule has 0 aromatic heterocycles. The molecule has 0 saturated heterocycles. The standard InChI is InChI=1S/C18H19FN2O3/c1-10(11-2-3-11)21(13-5-6-13)16(22)9-20-17(23)14-7-4-12(19)8-15(14)18(20)24/h4,7-8,10-11,13H,2-3,5-6,9H2,1H3/t10-/m0/s1. The van der Waals surface area contributed by atoms with Gasteiger partial charge in [0, 0.05) is 12.1 Å². The third kappa shape index (κ3) is 2.50. The van der Waals surface area contributed by atoms with E-state index in [1.807, 2.05) is 11.8 Å². The van der Waals surface area contributed by atoms with Crippen LogP contribution in [0.1, 0.15) is 53.3 Å². The van der Waals surface area contributed by atoms with Gasteiger partial charge in [0.15, 0.2) is 0 Å². The molecule has 2 aliphatic carbocycles. The Hall–Kier alpha value is -2.24. The van der Waals surface area contributed by atoms with Gasteiger partial charge in [-0.05, 0) is 56.7 Å². The molecule has 1 atom stereocenters. The number of rotatable bonds is 5. The zero-order valence-electron chi connectivity index (χ0n) is 13.5. The number of fused-ring (bicyclic) bond motifs is 1. The molecule has 1 heterocycles. The minimum atomic E-state index is -0.585. The van der Waals surface area contributed by atoms with E-state index in [1.165, 1.54) is 6.07 Å². The van der Waals surface area contributed by atoms with E-state index in [-0.39, 0.29) is 35.7 Å². The van der Waals surface area contributed by atoms with E-state index in [9.17, 15) is 18.8 Å². The number of carbonyl (C=O) groups excluding carboxylic acids is 3. The fourth-order valence-electron chi connectivity index (χ4n) is 3.55. The summed E-state index contributed by atoms with van der Waals surface area (Å²) in [5, 5.41) is 0. The Bertz CT molecular complexity index is 740. The molecule has 1 aliphatic heterocycles. The summed E-state index contributed by atoms with van der Waals surface area (Å²) in [5.41, 5.74) is 0.212. The first-order valence-corrected chi connectivity index (χ1v) is 8.44. The summed E-state index contributed by atoms with van der Waals surface area (Å²) in [6.45, 7) is 1.78. The van der Waals surface area contributed by atoms with E-state index in [1.54, 1.807) is 0 Å². The molecule has 0 N–H and O–H groups in total. The molecular weight excluding hydrogens is 311 g/mol. The molecule has 2 saturated carbocycles. The van der Waals surface area contributed by atoms with Crippen LogP contribution in [0.5, 0.6) is 0 Å². The van der Waals surface area contributed by atoms with Crippen LogP contribution < -0.4 is 0 Å². The van der Waals surface area contributed by atoms with E-state index in [0.29, 0.717) is 5.92 Å². The van der Waals surface area contributed by atoms with Gasteiger partial charge in [-0.15, -0.1) is 0 Å². The van der Waals surface area contributed by atoms with Gasteiger partial charge in [-0.25, -0.2) is 4.39 Å². The van der Waals surface area contributed by atoms with Crippen LogP contribution in [0.15, 0.2) is 18.2 Å². The zero-order valence-corrected chi connectivity index (χ0v) is 13.5. The summed E-state index contributed by atoms with van der Waals surface area (Å²) in [7, 11) is 0. The first-order valence-electron chi connectivity index (χ1n) is 8.44. The fraction of sp³-hybridized carbons (Fsp3) is 0.500. The third-order valence-corrected chi connectivity index (χ3v) is 5.20. The Balaban J connectivity index is 1.53. The Morgan fingerprint density at radius 1 is 1.21 bits per heavy atom. The van der Waals surface area contributed by atoms with Gasteiger partial charge in [0.2, 0.25) is 5.91 Å². The van der Waals surface area contributed by atoms with Crippen LogP contribution >= 0.6 is 0 Å². The number of carbonyl (C=O) groups is 3. The molecule has 0 bridgehead atoms. The first kappa shape index (κ1) is 15.3. The van der Waals surface area contributed by atoms with Crippen molar-refractivity contribution in [3.8, 4) is 0 Å². The molecule has 126 valence electrons. The van der Waals surface area contributed by atoms with Crippen molar-refractivity contribution in [3.05, 3.63) is 35.1 Å². The molecule has 5 nitrogen and oxygen atoms in total. The SMILES string of the molecule is C[C@@H](C1CC1)N(C(=O)CN1C(=O)c2ccc(F)cc2C1=O)C1CC1. The maximum absolute atomic E-state index is 13.3. The summed E-state index contributed by atoms with van der Waals surface area (Å²) in [6.07, 6.45) is 4.22. The molecule has 6 heteroatoms. The van der Waals surface area contributed by atoms with E-state index in [2.05, 4.69) is 0 Å². The van der Waals surface area contributed by atoms with Crippen molar-refractivity contribution < 1.29 is 18.8 Å². The average molecular weight is 330 g/mol. The minimum Gasteiger partial charge on any atom is -0.335 e. The summed E-state index contributed by atoms with van der Waals surface area (Å²) in [4.78, 5) is 40.4. The number of halogens is 1. The molecule has 3 aliphatic rings. The van der Waals surface area contributed by atoms with Crippen molar-refractivity contribution in [2.45, 2.75) is 44.7 Å². The first-order chi connectivity index (χ1) is 11.5. The topological polar surface area (TPSA) is 57.7 Å². The summed E-state index contributed by atoms with van der Waals surface area (Å²) in [6, 6.07) is 3.91. The number of hydrogen-bond donors (Lipinski definition) is 0. The van der Waals surface area contributed by atoms with Gasteiger partial charge in [0.1, 0.15) is 12.4 Å². The maximum atomic E-state index is 13.3. The molecule has 2 fully saturated rings. The monoisotopic (exact) mass is 330 g/mol. The summed E-state index contributed by atoms with van der Waals surface area (Å²) in [5.74, 6) is -1.32.